The lowest BCUT2D eigenvalue weighted by atomic mass is 10.1. The Hall–Kier alpha value is -2.38. The van der Waals surface area contributed by atoms with Gasteiger partial charge in [-0.15, -0.1) is 0 Å². The summed E-state index contributed by atoms with van der Waals surface area (Å²) in [5.41, 5.74) is -1.76. The van der Waals surface area contributed by atoms with Gasteiger partial charge in [-0.2, -0.15) is 0 Å². The third-order valence-corrected chi connectivity index (χ3v) is 2.71. The van der Waals surface area contributed by atoms with E-state index in [0.29, 0.717) is 6.07 Å². The van der Waals surface area contributed by atoms with Crippen molar-refractivity contribution in [1.29, 1.82) is 0 Å². The second-order valence-corrected chi connectivity index (χ2v) is 4.07. The van der Waals surface area contributed by atoms with Crippen LogP contribution in [0.5, 0.6) is 0 Å². The summed E-state index contributed by atoms with van der Waals surface area (Å²) in [7, 11) is 0. The normalized spacial score (nSPS) is 10.8. The van der Waals surface area contributed by atoms with E-state index >= 15 is 0 Å². The van der Waals surface area contributed by atoms with Crippen molar-refractivity contribution in [2.75, 3.05) is 0 Å². The lowest BCUT2D eigenvalue weighted by Crippen LogP contribution is -2.27. The number of halogens is 4. The zero-order valence-electron chi connectivity index (χ0n) is 9.90. The van der Waals surface area contributed by atoms with Crippen LogP contribution in [0.1, 0.15) is 11.3 Å². The lowest BCUT2D eigenvalue weighted by Gasteiger charge is -2.06. The van der Waals surface area contributed by atoms with E-state index in [9.17, 15) is 27.2 Å². The van der Waals surface area contributed by atoms with Crippen molar-refractivity contribution in [3.8, 4) is 0 Å². The number of benzene rings is 1. The van der Waals surface area contributed by atoms with Gasteiger partial charge < -0.3 is 5.10 Å². The van der Waals surface area contributed by atoms with Crippen LogP contribution in [0.3, 0.4) is 0 Å². The molecule has 20 heavy (non-hydrogen) atoms. The molecule has 0 bridgehead atoms. The van der Waals surface area contributed by atoms with E-state index < -0.39 is 34.3 Å². The molecule has 1 aromatic heterocycles. The predicted molar refractivity (Wildman–Crippen MR) is 61.4 cm³/mol. The second-order valence-electron chi connectivity index (χ2n) is 4.07. The summed E-state index contributed by atoms with van der Waals surface area (Å²) in [5, 5.41) is 4.44. The van der Waals surface area contributed by atoms with Crippen molar-refractivity contribution >= 4 is 0 Å². The van der Waals surface area contributed by atoms with Crippen LogP contribution in [0, 0.1) is 23.3 Å². The van der Waals surface area contributed by atoms with Crippen LogP contribution < -0.4 is 11.0 Å². The van der Waals surface area contributed by atoms with E-state index in [4.69, 9.17) is 0 Å². The zero-order chi connectivity index (χ0) is 14.9. The highest BCUT2D eigenvalue weighted by atomic mass is 19.2. The van der Waals surface area contributed by atoms with Crippen LogP contribution in [-0.4, -0.2) is 10.2 Å². The Balaban J connectivity index is 2.25. The first-order valence-corrected chi connectivity index (χ1v) is 5.53. The Morgan fingerprint density at radius 2 is 1.55 bits per heavy atom. The molecule has 0 saturated heterocycles. The molecule has 0 spiro atoms. The molecule has 2 aromatic rings. The van der Waals surface area contributed by atoms with E-state index in [2.05, 4.69) is 10.2 Å². The van der Waals surface area contributed by atoms with Gasteiger partial charge in [-0.3, -0.25) is 14.7 Å². The molecule has 0 aliphatic rings. The summed E-state index contributed by atoms with van der Waals surface area (Å²) in [6.45, 7) is 0. The van der Waals surface area contributed by atoms with Crippen LogP contribution in [0.4, 0.5) is 17.6 Å². The molecule has 0 radical (unpaired) electrons. The molecular weight excluding hydrogens is 280 g/mol. The highest BCUT2D eigenvalue weighted by Gasteiger charge is 2.18. The number of aromatic nitrogens is 2. The van der Waals surface area contributed by atoms with Gasteiger partial charge >= 0.3 is 5.56 Å². The van der Waals surface area contributed by atoms with Gasteiger partial charge in [-0.05, 0) is 24.5 Å². The summed E-state index contributed by atoms with van der Waals surface area (Å²) < 4.78 is 52.1. The number of hydrogen-bond donors (Lipinski definition) is 2. The highest BCUT2D eigenvalue weighted by Crippen LogP contribution is 2.19. The number of H-pyrrole nitrogens is 2. The zero-order valence-corrected chi connectivity index (χ0v) is 9.90. The fourth-order valence-electron chi connectivity index (χ4n) is 1.67. The average Bonchev–Trinajstić information content (AvgIpc) is 2.42. The Kier molecular flexibility index (Phi) is 3.73. The maximum Gasteiger partial charge on any atom is 0.310 e. The molecule has 106 valence electrons. The monoisotopic (exact) mass is 288 g/mol. The van der Waals surface area contributed by atoms with Gasteiger partial charge in [0.1, 0.15) is 0 Å². The molecule has 2 N–H and O–H groups in total. The highest BCUT2D eigenvalue weighted by molar-refractivity contribution is 5.22. The lowest BCUT2D eigenvalue weighted by molar-refractivity contribution is 0.403. The molecule has 0 atom stereocenters. The van der Waals surface area contributed by atoms with Crippen molar-refractivity contribution < 1.29 is 17.6 Å². The van der Waals surface area contributed by atoms with Crippen LogP contribution >= 0.6 is 0 Å². The van der Waals surface area contributed by atoms with E-state index in [1.807, 2.05) is 0 Å². The van der Waals surface area contributed by atoms with Crippen molar-refractivity contribution in [2.24, 2.45) is 0 Å². The number of hydrogen-bond acceptors (Lipinski definition) is 2. The molecule has 1 aromatic carbocycles. The van der Waals surface area contributed by atoms with Crippen LogP contribution in [0.25, 0.3) is 0 Å². The van der Waals surface area contributed by atoms with Gasteiger partial charge in [0.05, 0.1) is 0 Å². The van der Waals surface area contributed by atoms with Crippen molar-refractivity contribution in [2.45, 2.75) is 12.8 Å². The van der Waals surface area contributed by atoms with Gasteiger partial charge in [-0.1, -0.05) is 0 Å². The molecule has 0 aliphatic carbocycles. The standard InChI is InChI=1S/C12H8F4N2O2/c13-7-3-5(9(14)11(16)10(7)15)1-2-6-4-8(19)12(20)18-17-6/h3-4H,1-2H2,(H,17,19)(H,18,20). The minimum absolute atomic E-state index is 0.00739. The van der Waals surface area contributed by atoms with Crippen LogP contribution in [0.2, 0.25) is 0 Å². The SMILES string of the molecule is O=c1cc(CCc2cc(F)c(F)c(F)c2F)[nH][nH]c1=O. The molecule has 0 amide bonds. The molecule has 2 rings (SSSR count). The minimum Gasteiger partial charge on any atom is -0.302 e. The quantitative estimate of drug-likeness (QED) is 0.388. The minimum atomic E-state index is -1.88. The molecule has 4 nitrogen and oxygen atoms in total. The average molecular weight is 288 g/mol. The largest absolute Gasteiger partial charge is 0.310 e. The van der Waals surface area contributed by atoms with Gasteiger partial charge in [0.25, 0.3) is 0 Å². The molecule has 0 saturated carbocycles. The molecule has 8 heteroatoms. The topological polar surface area (TPSA) is 65.7 Å². The summed E-state index contributed by atoms with van der Waals surface area (Å²) in [6.07, 6.45) is -0.171. The fourth-order valence-corrected chi connectivity index (χ4v) is 1.67. The predicted octanol–water partition coefficient (Wildman–Crippen LogP) is 1.40. The first-order chi connectivity index (χ1) is 9.40. The van der Waals surface area contributed by atoms with Gasteiger partial charge in [-0.25, -0.2) is 17.6 Å². The van der Waals surface area contributed by atoms with E-state index in [1.54, 1.807) is 0 Å². The number of rotatable bonds is 3. The second kappa shape index (κ2) is 5.32. The third kappa shape index (κ3) is 2.63. The summed E-state index contributed by atoms with van der Waals surface area (Å²) in [4.78, 5) is 21.9. The van der Waals surface area contributed by atoms with Gasteiger partial charge in [0.15, 0.2) is 23.3 Å². The summed E-state index contributed by atoms with van der Waals surface area (Å²) in [5.74, 6) is -6.72. The maximum absolute atomic E-state index is 13.4. The maximum atomic E-state index is 13.4. The number of aryl methyl sites for hydroxylation is 2. The van der Waals surface area contributed by atoms with E-state index in [0.717, 1.165) is 6.07 Å². The molecule has 0 aliphatic heterocycles. The molecule has 1 heterocycles. The third-order valence-electron chi connectivity index (χ3n) is 2.71. The van der Waals surface area contributed by atoms with Crippen LogP contribution in [0.15, 0.2) is 21.7 Å². The van der Waals surface area contributed by atoms with E-state index in [-0.39, 0.29) is 24.1 Å². The van der Waals surface area contributed by atoms with Crippen molar-refractivity contribution in [1.82, 2.24) is 10.2 Å². The Bertz CT molecular complexity index is 767. The van der Waals surface area contributed by atoms with Crippen LogP contribution in [-0.2, 0) is 12.8 Å². The molecule has 0 fully saturated rings. The van der Waals surface area contributed by atoms with Crippen molar-refractivity contribution in [3.63, 3.8) is 0 Å². The fraction of sp³-hybridized carbons (Fsp3) is 0.167. The number of aromatic amines is 2. The summed E-state index contributed by atoms with van der Waals surface area (Å²) >= 11 is 0. The number of nitrogens with one attached hydrogen (secondary N) is 2. The summed E-state index contributed by atoms with van der Waals surface area (Å²) in [6, 6.07) is 1.55. The first kappa shape index (κ1) is 14.0. The van der Waals surface area contributed by atoms with Gasteiger partial charge in [0.2, 0.25) is 5.43 Å². The van der Waals surface area contributed by atoms with Crippen molar-refractivity contribution in [3.05, 3.63) is 67.2 Å². The molecule has 0 unspecified atom stereocenters. The Morgan fingerprint density at radius 3 is 2.20 bits per heavy atom. The Labute approximate surface area is 109 Å². The Morgan fingerprint density at radius 1 is 0.850 bits per heavy atom. The van der Waals surface area contributed by atoms with E-state index in [1.165, 1.54) is 0 Å². The first-order valence-electron chi connectivity index (χ1n) is 5.53. The smallest absolute Gasteiger partial charge is 0.302 e. The van der Waals surface area contributed by atoms with Gasteiger partial charge in [0, 0.05) is 11.8 Å². The molecular formula is C12H8F4N2O2.